The first-order valence-electron chi connectivity index (χ1n) is 6.49. The summed E-state index contributed by atoms with van der Waals surface area (Å²) in [4.78, 5) is 11.5. The van der Waals surface area contributed by atoms with E-state index in [2.05, 4.69) is 0 Å². The molecular weight excluding hydrogens is 244 g/mol. The SMILES string of the molecule is COCCOC1C(=O)CC1Oc1cccc(C)c1C. The smallest absolute Gasteiger partial charge is 0.169 e. The van der Waals surface area contributed by atoms with Crippen LogP contribution in [-0.2, 0) is 14.3 Å². The molecule has 0 spiro atoms. The second-order valence-corrected chi connectivity index (χ2v) is 4.81. The zero-order valence-corrected chi connectivity index (χ0v) is 11.6. The van der Waals surface area contributed by atoms with E-state index in [4.69, 9.17) is 14.2 Å². The predicted octanol–water partition coefficient (Wildman–Crippen LogP) is 2.06. The van der Waals surface area contributed by atoms with Crippen LogP contribution in [0.15, 0.2) is 18.2 Å². The number of carbonyl (C=O) groups is 1. The van der Waals surface area contributed by atoms with Gasteiger partial charge in [-0.15, -0.1) is 0 Å². The van der Waals surface area contributed by atoms with Crippen LogP contribution in [0.4, 0.5) is 0 Å². The van der Waals surface area contributed by atoms with Crippen LogP contribution in [0.25, 0.3) is 0 Å². The van der Waals surface area contributed by atoms with Crippen molar-refractivity contribution in [2.45, 2.75) is 32.5 Å². The van der Waals surface area contributed by atoms with E-state index in [-0.39, 0.29) is 11.9 Å². The molecule has 2 atom stereocenters. The first kappa shape index (κ1) is 14.0. The van der Waals surface area contributed by atoms with Gasteiger partial charge in [-0.25, -0.2) is 0 Å². The fraction of sp³-hybridized carbons (Fsp3) is 0.533. The molecule has 1 aliphatic carbocycles. The number of aryl methyl sites for hydroxylation is 1. The highest BCUT2D eigenvalue weighted by molar-refractivity contribution is 5.90. The van der Waals surface area contributed by atoms with Crippen molar-refractivity contribution in [2.24, 2.45) is 0 Å². The third-order valence-corrected chi connectivity index (χ3v) is 3.48. The van der Waals surface area contributed by atoms with E-state index in [9.17, 15) is 4.79 Å². The molecule has 4 nitrogen and oxygen atoms in total. The van der Waals surface area contributed by atoms with Gasteiger partial charge in [0.1, 0.15) is 11.9 Å². The van der Waals surface area contributed by atoms with Gasteiger partial charge >= 0.3 is 0 Å². The monoisotopic (exact) mass is 264 g/mol. The van der Waals surface area contributed by atoms with Gasteiger partial charge in [-0.05, 0) is 31.0 Å². The number of benzene rings is 1. The summed E-state index contributed by atoms with van der Waals surface area (Å²) in [6.45, 7) is 4.96. The molecule has 104 valence electrons. The quantitative estimate of drug-likeness (QED) is 0.738. The molecule has 2 unspecified atom stereocenters. The highest BCUT2D eigenvalue weighted by Crippen LogP contribution is 2.28. The Bertz CT molecular complexity index is 455. The maximum atomic E-state index is 11.5. The lowest BCUT2D eigenvalue weighted by Crippen LogP contribution is -2.52. The number of ether oxygens (including phenoxy) is 3. The number of hydrogen-bond donors (Lipinski definition) is 0. The number of ketones is 1. The highest BCUT2D eigenvalue weighted by Gasteiger charge is 2.42. The summed E-state index contributed by atoms with van der Waals surface area (Å²) in [5.74, 6) is 0.934. The van der Waals surface area contributed by atoms with Crippen molar-refractivity contribution in [3.05, 3.63) is 29.3 Å². The molecule has 1 aromatic rings. The Morgan fingerprint density at radius 1 is 1.26 bits per heavy atom. The summed E-state index contributed by atoms with van der Waals surface area (Å²) in [5, 5.41) is 0. The summed E-state index contributed by atoms with van der Waals surface area (Å²) in [7, 11) is 1.61. The molecular formula is C15H20O4. The fourth-order valence-electron chi connectivity index (χ4n) is 2.05. The standard InChI is InChI=1S/C15H20O4/c1-10-5-4-6-13(11(10)2)19-14-9-12(16)15(14)18-8-7-17-3/h4-6,14-15H,7-9H2,1-3H3. The van der Waals surface area contributed by atoms with Crippen molar-refractivity contribution in [3.8, 4) is 5.75 Å². The Balaban J connectivity index is 1.95. The molecule has 0 saturated heterocycles. The van der Waals surface area contributed by atoms with Gasteiger partial charge in [-0.1, -0.05) is 12.1 Å². The molecule has 0 bridgehead atoms. The minimum atomic E-state index is -0.449. The Labute approximate surface area is 113 Å². The molecule has 1 saturated carbocycles. The number of rotatable bonds is 6. The number of hydrogen-bond acceptors (Lipinski definition) is 4. The molecule has 1 aliphatic rings. The molecule has 0 radical (unpaired) electrons. The third-order valence-electron chi connectivity index (χ3n) is 3.48. The Kier molecular flexibility index (Phi) is 4.56. The lowest BCUT2D eigenvalue weighted by molar-refractivity contribution is -0.156. The van der Waals surface area contributed by atoms with Crippen molar-refractivity contribution >= 4 is 5.78 Å². The van der Waals surface area contributed by atoms with Crippen molar-refractivity contribution in [1.82, 2.24) is 0 Å². The second kappa shape index (κ2) is 6.17. The van der Waals surface area contributed by atoms with Crippen LogP contribution in [0, 0.1) is 13.8 Å². The molecule has 4 heteroatoms. The van der Waals surface area contributed by atoms with Gasteiger partial charge in [-0.2, -0.15) is 0 Å². The van der Waals surface area contributed by atoms with Gasteiger partial charge in [0, 0.05) is 13.5 Å². The van der Waals surface area contributed by atoms with E-state index in [0.29, 0.717) is 19.6 Å². The van der Waals surface area contributed by atoms with E-state index in [1.54, 1.807) is 7.11 Å². The normalized spacial score (nSPS) is 22.2. The minimum absolute atomic E-state index is 0.103. The van der Waals surface area contributed by atoms with E-state index < -0.39 is 6.10 Å². The van der Waals surface area contributed by atoms with Crippen LogP contribution in [-0.4, -0.2) is 38.3 Å². The van der Waals surface area contributed by atoms with Gasteiger partial charge in [0.05, 0.1) is 13.2 Å². The van der Waals surface area contributed by atoms with Crippen molar-refractivity contribution in [3.63, 3.8) is 0 Å². The Morgan fingerprint density at radius 2 is 2.05 bits per heavy atom. The van der Waals surface area contributed by atoms with E-state index in [0.717, 1.165) is 11.3 Å². The zero-order valence-electron chi connectivity index (χ0n) is 11.6. The molecule has 0 amide bonds. The molecule has 1 aromatic carbocycles. The predicted molar refractivity (Wildman–Crippen MR) is 71.6 cm³/mol. The summed E-state index contributed by atoms with van der Waals surface area (Å²) >= 11 is 0. The van der Waals surface area contributed by atoms with Gasteiger partial charge < -0.3 is 14.2 Å². The molecule has 2 rings (SSSR count). The van der Waals surface area contributed by atoms with Gasteiger partial charge in [-0.3, -0.25) is 4.79 Å². The molecule has 1 fully saturated rings. The maximum Gasteiger partial charge on any atom is 0.169 e. The molecule has 0 aromatic heterocycles. The second-order valence-electron chi connectivity index (χ2n) is 4.81. The average molecular weight is 264 g/mol. The molecule has 0 N–H and O–H groups in total. The van der Waals surface area contributed by atoms with Gasteiger partial charge in [0.2, 0.25) is 0 Å². The van der Waals surface area contributed by atoms with Crippen molar-refractivity contribution in [1.29, 1.82) is 0 Å². The van der Waals surface area contributed by atoms with Crippen molar-refractivity contribution in [2.75, 3.05) is 20.3 Å². The lowest BCUT2D eigenvalue weighted by atomic mass is 9.89. The molecule has 19 heavy (non-hydrogen) atoms. The van der Waals surface area contributed by atoms with Crippen LogP contribution in [0.2, 0.25) is 0 Å². The number of carbonyl (C=O) groups excluding carboxylic acids is 1. The summed E-state index contributed by atoms with van der Waals surface area (Å²) in [6.07, 6.45) is -0.203. The van der Waals surface area contributed by atoms with Crippen LogP contribution in [0.3, 0.4) is 0 Å². The first-order chi connectivity index (χ1) is 9.13. The number of methoxy groups -OCH3 is 1. The van der Waals surface area contributed by atoms with Crippen LogP contribution in [0.1, 0.15) is 17.5 Å². The van der Waals surface area contributed by atoms with Gasteiger partial charge in [0.25, 0.3) is 0 Å². The lowest BCUT2D eigenvalue weighted by Gasteiger charge is -2.35. The third kappa shape index (κ3) is 3.14. The molecule has 0 heterocycles. The summed E-state index contributed by atoms with van der Waals surface area (Å²) < 4.78 is 16.3. The van der Waals surface area contributed by atoms with E-state index in [1.165, 1.54) is 5.56 Å². The Hall–Kier alpha value is -1.39. The highest BCUT2D eigenvalue weighted by atomic mass is 16.6. The summed E-state index contributed by atoms with van der Waals surface area (Å²) in [6, 6.07) is 5.93. The summed E-state index contributed by atoms with van der Waals surface area (Å²) in [5.41, 5.74) is 2.29. The first-order valence-corrected chi connectivity index (χ1v) is 6.49. The average Bonchev–Trinajstić information content (AvgIpc) is 2.39. The van der Waals surface area contributed by atoms with Crippen LogP contribution in [0.5, 0.6) is 5.75 Å². The number of Topliss-reactive ketones (excluding diaryl/α,β-unsaturated/α-hetero) is 1. The van der Waals surface area contributed by atoms with E-state index >= 15 is 0 Å². The molecule has 0 aliphatic heterocycles. The van der Waals surface area contributed by atoms with Crippen molar-refractivity contribution < 1.29 is 19.0 Å². The Morgan fingerprint density at radius 3 is 2.74 bits per heavy atom. The zero-order chi connectivity index (χ0) is 13.8. The van der Waals surface area contributed by atoms with Gasteiger partial charge in [0.15, 0.2) is 11.9 Å². The minimum Gasteiger partial charge on any atom is -0.486 e. The largest absolute Gasteiger partial charge is 0.486 e. The fourth-order valence-corrected chi connectivity index (χ4v) is 2.05. The van der Waals surface area contributed by atoms with E-state index in [1.807, 2.05) is 32.0 Å². The maximum absolute atomic E-state index is 11.5. The van der Waals surface area contributed by atoms with Crippen LogP contribution >= 0.6 is 0 Å². The van der Waals surface area contributed by atoms with Crippen LogP contribution < -0.4 is 4.74 Å². The topological polar surface area (TPSA) is 44.8 Å².